The van der Waals surface area contributed by atoms with Crippen LogP contribution in [0, 0.1) is 0 Å². The third-order valence-corrected chi connectivity index (χ3v) is 2.84. The van der Waals surface area contributed by atoms with Crippen LogP contribution >= 0.6 is 0 Å². The molecule has 0 aliphatic rings. The molecule has 20 heavy (non-hydrogen) atoms. The second kappa shape index (κ2) is 6.16. The number of ether oxygens (including phenoxy) is 1. The van der Waals surface area contributed by atoms with E-state index in [4.69, 9.17) is 9.84 Å². The predicted octanol–water partition coefficient (Wildman–Crippen LogP) is 0.507. The summed E-state index contributed by atoms with van der Waals surface area (Å²) in [4.78, 5) is 24.5. The molecular formula is C13H15N3O4. The molecule has 0 fully saturated rings. The number of methoxy groups -OCH3 is 1. The van der Waals surface area contributed by atoms with Gasteiger partial charge in [-0.05, 0) is 12.1 Å². The van der Waals surface area contributed by atoms with Crippen LogP contribution in [0.4, 0.5) is 0 Å². The first-order valence-electron chi connectivity index (χ1n) is 6.06. The van der Waals surface area contributed by atoms with Gasteiger partial charge < -0.3 is 14.7 Å². The van der Waals surface area contributed by atoms with Crippen LogP contribution in [0.15, 0.2) is 30.6 Å². The molecule has 0 aliphatic heterocycles. The van der Waals surface area contributed by atoms with Gasteiger partial charge in [-0.25, -0.2) is 4.52 Å². The van der Waals surface area contributed by atoms with Gasteiger partial charge in [0.1, 0.15) is 6.54 Å². The van der Waals surface area contributed by atoms with Gasteiger partial charge in [0.2, 0.25) is 0 Å². The molecule has 0 aromatic carbocycles. The molecule has 2 aromatic rings. The largest absolute Gasteiger partial charge is 0.480 e. The van der Waals surface area contributed by atoms with Crippen molar-refractivity contribution in [2.24, 2.45) is 0 Å². The Labute approximate surface area is 115 Å². The zero-order valence-corrected chi connectivity index (χ0v) is 11.0. The van der Waals surface area contributed by atoms with Crippen LogP contribution in [-0.4, -0.2) is 58.3 Å². The number of hydrogen-bond acceptors (Lipinski definition) is 4. The van der Waals surface area contributed by atoms with E-state index < -0.39 is 5.97 Å². The number of rotatable bonds is 6. The van der Waals surface area contributed by atoms with Crippen molar-refractivity contribution < 1.29 is 19.4 Å². The highest BCUT2D eigenvalue weighted by Gasteiger charge is 2.21. The summed E-state index contributed by atoms with van der Waals surface area (Å²) in [5.41, 5.74) is 1.02. The van der Waals surface area contributed by atoms with Crippen molar-refractivity contribution in [1.82, 2.24) is 14.5 Å². The third kappa shape index (κ3) is 2.94. The van der Waals surface area contributed by atoms with Gasteiger partial charge in [0.25, 0.3) is 5.91 Å². The van der Waals surface area contributed by atoms with Crippen LogP contribution in [0.3, 0.4) is 0 Å². The predicted molar refractivity (Wildman–Crippen MR) is 70.6 cm³/mol. The maximum Gasteiger partial charge on any atom is 0.323 e. The molecule has 1 N–H and O–H groups in total. The lowest BCUT2D eigenvalue weighted by molar-refractivity contribution is -0.137. The lowest BCUT2D eigenvalue weighted by Gasteiger charge is -2.19. The Morgan fingerprint density at radius 3 is 2.95 bits per heavy atom. The molecule has 0 atom stereocenters. The summed E-state index contributed by atoms with van der Waals surface area (Å²) in [6, 6.07) is 5.36. The average molecular weight is 277 g/mol. The maximum absolute atomic E-state index is 12.4. The molecule has 2 aromatic heterocycles. The second-order valence-electron chi connectivity index (χ2n) is 4.20. The molecule has 2 heterocycles. The van der Waals surface area contributed by atoms with Gasteiger partial charge in [0.15, 0.2) is 0 Å². The number of nitrogens with zero attached hydrogens (tertiary/aromatic N) is 3. The van der Waals surface area contributed by atoms with Crippen molar-refractivity contribution in [2.75, 3.05) is 26.8 Å². The quantitative estimate of drug-likeness (QED) is 0.831. The summed E-state index contributed by atoms with van der Waals surface area (Å²) >= 11 is 0. The second-order valence-corrected chi connectivity index (χ2v) is 4.20. The number of pyridine rings is 1. The highest BCUT2D eigenvalue weighted by atomic mass is 16.5. The summed E-state index contributed by atoms with van der Waals surface area (Å²) < 4.78 is 6.47. The molecule has 0 spiro atoms. The zero-order valence-electron chi connectivity index (χ0n) is 11.0. The molecule has 0 saturated carbocycles. The van der Waals surface area contributed by atoms with E-state index in [9.17, 15) is 9.59 Å². The highest BCUT2D eigenvalue weighted by molar-refractivity contribution is 6.01. The zero-order chi connectivity index (χ0) is 14.5. The fourth-order valence-electron chi connectivity index (χ4n) is 1.89. The normalized spacial score (nSPS) is 10.7. The minimum absolute atomic E-state index is 0.214. The minimum atomic E-state index is -1.06. The first kappa shape index (κ1) is 14.0. The van der Waals surface area contributed by atoms with Crippen molar-refractivity contribution in [3.05, 3.63) is 36.2 Å². The lowest BCUT2D eigenvalue weighted by atomic mass is 10.2. The lowest BCUT2D eigenvalue weighted by Crippen LogP contribution is -2.37. The van der Waals surface area contributed by atoms with Gasteiger partial charge in [-0.2, -0.15) is 5.10 Å². The molecule has 7 heteroatoms. The molecule has 0 unspecified atom stereocenters. The molecule has 7 nitrogen and oxygen atoms in total. The number of fused-ring (bicyclic) bond motifs is 1. The van der Waals surface area contributed by atoms with Gasteiger partial charge in [-0.1, -0.05) is 6.07 Å². The molecule has 106 valence electrons. The summed E-state index contributed by atoms with van der Waals surface area (Å²) in [6.45, 7) is 0.121. The van der Waals surface area contributed by atoms with Crippen LogP contribution < -0.4 is 0 Å². The van der Waals surface area contributed by atoms with E-state index >= 15 is 0 Å². The third-order valence-electron chi connectivity index (χ3n) is 2.84. The molecular weight excluding hydrogens is 262 g/mol. The Kier molecular flexibility index (Phi) is 4.31. The number of aliphatic carboxylic acids is 1. The standard InChI is InChI=1S/C13H15N3O4/c1-20-7-6-15(9-12(17)18)13(19)10-8-14-16-5-3-2-4-11(10)16/h2-5,8H,6-7,9H2,1H3,(H,17,18). The summed E-state index contributed by atoms with van der Waals surface area (Å²) in [5, 5.41) is 13.0. The van der Waals surface area contributed by atoms with Gasteiger partial charge in [0, 0.05) is 19.9 Å². The van der Waals surface area contributed by atoms with Crippen molar-refractivity contribution >= 4 is 17.4 Å². The number of amides is 1. The van der Waals surface area contributed by atoms with Crippen LogP contribution in [0.25, 0.3) is 5.52 Å². The Hall–Kier alpha value is -2.41. The number of carbonyl (C=O) groups is 2. The maximum atomic E-state index is 12.4. The van der Waals surface area contributed by atoms with Gasteiger partial charge in [-0.3, -0.25) is 9.59 Å². The van der Waals surface area contributed by atoms with Crippen molar-refractivity contribution in [1.29, 1.82) is 0 Å². The Balaban J connectivity index is 2.28. The van der Waals surface area contributed by atoms with Crippen LogP contribution in [0.5, 0.6) is 0 Å². The van der Waals surface area contributed by atoms with Crippen LogP contribution in [-0.2, 0) is 9.53 Å². The molecule has 0 bridgehead atoms. The summed E-state index contributed by atoms with van der Waals surface area (Å²) in [7, 11) is 1.50. The SMILES string of the molecule is COCCN(CC(=O)O)C(=O)c1cnn2ccccc12. The first-order valence-corrected chi connectivity index (χ1v) is 6.06. The molecule has 0 radical (unpaired) electrons. The first-order chi connectivity index (χ1) is 9.63. The molecule has 2 rings (SSSR count). The molecule has 1 amide bonds. The molecule has 0 aliphatic carbocycles. The fraction of sp³-hybridized carbons (Fsp3) is 0.308. The van der Waals surface area contributed by atoms with E-state index in [0.29, 0.717) is 11.1 Å². The van der Waals surface area contributed by atoms with Gasteiger partial charge >= 0.3 is 5.97 Å². The van der Waals surface area contributed by atoms with E-state index in [0.717, 1.165) is 0 Å². The fourth-order valence-corrected chi connectivity index (χ4v) is 1.89. The van der Waals surface area contributed by atoms with Gasteiger partial charge in [-0.15, -0.1) is 0 Å². The minimum Gasteiger partial charge on any atom is -0.480 e. The number of hydrogen-bond donors (Lipinski definition) is 1. The molecule has 0 saturated heterocycles. The van der Waals surface area contributed by atoms with Crippen LogP contribution in [0.1, 0.15) is 10.4 Å². The number of aromatic nitrogens is 2. The number of carboxylic acids is 1. The average Bonchev–Trinajstić information content (AvgIpc) is 2.86. The number of carboxylic acid groups (broad SMARTS) is 1. The smallest absolute Gasteiger partial charge is 0.323 e. The summed E-state index contributed by atoms with van der Waals surface area (Å²) in [5.74, 6) is -1.43. The number of carbonyl (C=O) groups excluding carboxylic acids is 1. The van der Waals surface area contributed by atoms with Gasteiger partial charge in [0.05, 0.1) is 23.9 Å². The monoisotopic (exact) mass is 277 g/mol. The summed E-state index contributed by atoms with van der Waals surface area (Å²) in [6.07, 6.45) is 3.17. The highest BCUT2D eigenvalue weighted by Crippen LogP contribution is 2.12. The van der Waals surface area contributed by atoms with E-state index in [1.165, 1.54) is 18.2 Å². The Morgan fingerprint density at radius 1 is 1.45 bits per heavy atom. The van der Waals surface area contributed by atoms with E-state index in [1.54, 1.807) is 28.9 Å². The van der Waals surface area contributed by atoms with E-state index in [2.05, 4.69) is 5.10 Å². The van der Waals surface area contributed by atoms with E-state index in [-0.39, 0.29) is 25.6 Å². The van der Waals surface area contributed by atoms with Crippen LogP contribution in [0.2, 0.25) is 0 Å². The van der Waals surface area contributed by atoms with Crippen molar-refractivity contribution in [3.63, 3.8) is 0 Å². The van der Waals surface area contributed by atoms with E-state index in [1.807, 2.05) is 0 Å². The Morgan fingerprint density at radius 2 is 2.25 bits per heavy atom. The van der Waals surface area contributed by atoms with Crippen molar-refractivity contribution in [3.8, 4) is 0 Å². The topological polar surface area (TPSA) is 84.1 Å². The Bertz CT molecular complexity index is 623. The van der Waals surface area contributed by atoms with Crippen molar-refractivity contribution in [2.45, 2.75) is 0 Å².